The Morgan fingerprint density at radius 2 is 1.85 bits per heavy atom. The summed E-state index contributed by atoms with van der Waals surface area (Å²) in [4.78, 5) is 0. The molecule has 2 heteroatoms. The molecule has 0 saturated heterocycles. The highest BCUT2D eigenvalue weighted by molar-refractivity contribution is 5.19. The summed E-state index contributed by atoms with van der Waals surface area (Å²) < 4.78 is 5.50. The van der Waals surface area contributed by atoms with E-state index in [0.29, 0.717) is 6.04 Å². The highest BCUT2D eigenvalue weighted by Crippen LogP contribution is 2.24. The molecule has 2 atom stereocenters. The summed E-state index contributed by atoms with van der Waals surface area (Å²) >= 11 is 0. The molecule has 108 valence electrons. The van der Waals surface area contributed by atoms with Gasteiger partial charge in [-0.3, -0.25) is 0 Å². The van der Waals surface area contributed by atoms with Crippen molar-refractivity contribution in [2.75, 3.05) is 0 Å². The van der Waals surface area contributed by atoms with Crippen molar-refractivity contribution in [2.24, 2.45) is 0 Å². The van der Waals surface area contributed by atoms with Crippen molar-refractivity contribution < 1.29 is 4.42 Å². The quantitative estimate of drug-likeness (QED) is 0.663. The summed E-state index contributed by atoms with van der Waals surface area (Å²) in [5.41, 5.74) is 1.36. The lowest BCUT2D eigenvalue weighted by atomic mass is 9.99. The van der Waals surface area contributed by atoms with Crippen molar-refractivity contribution in [3.05, 3.63) is 60.1 Å². The van der Waals surface area contributed by atoms with E-state index in [2.05, 4.69) is 49.5 Å². The number of hydrogen-bond donors (Lipinski definition) is 1. The Hall–Kier alpha value is -1.54. The Morgan fingerprint density at radius 3 is 2.50 bits per heavy atom. The van der Waals surface area contributed by atoms with Crippen molar-refractivity contribution in [2.45, 2.75) is 51.6 Å². The third kappa shape index (κ3) is 4.24. The van der Waals surface area contributed by atoms with Crippen molar-refractivity contribution in [1.29, 1.82) is 0 Å². The van der Waals surface area contributed by atoms with Crippen LogP contribution in [0, 0.1) is 0 Å². The van der Waals surface area contributed by atoms with Gasteiger partial charge in [0.1, 0.15) is 5.76 Å². The number of nitrogens with one attached hydrogen (secondary N) is 1. The normalized spacial score (nSPS) is 14.1. The summed E-state index contributed by atoms with van der Waals surface area (Å²) in [6, 6.07) is 15.3. The number of rotatable bonds is 8. The molecular formula is C18H25NO. The molecule has 2 rings (SSSR count). The van der Waals surface area contributed by atoms with Gasteiger partial charge in [0.05, 0.1) is 12.3 Å². The first-order chi connectivity index (χ1) is 9.81. The zero-order valence-electron chi connectivity index (χ0n) is 12.5. The lowest BCUT2D eigenvalue weighted by molar-refractivity contribution is 0.374. The van der Waals surface area contributed by atoms with E-state index in [1.165, 1.54) is 31.2 Å². The minimum atomic E-state index is 0.233. The molecule has 2 nitrogen and oxygen atoms in total. The van der Waals surface area contributed by atoms with Gasteiger partial charge >= 0.3 is 0 Å². The van der Waals surface area contributed by atoms with Gasteiger partial charge < -0.3 is 9.73 Å². The fourth-order valence-corrected chi connectivity index (χ4v) is 2.55. The first kappa shape index (κ1) is 14.9. The van der Waals surface area contributed by atoms with Crippen LogP contribution in [0.1, 0.15) is 62.9 Å². The van der Waals surface area contributed by atoms with Crippen LogP contribution in [0.2, 0.25) is 0 Å². The van der Waals surface area contributed by atoms with Crippen LogP contribution in [-0.4, -0.2) is 0 Å². The van der Waals surface area contributed by atoms with E-state index in [0.717, 1.165) is 5.76 Å². The maximum atomic E-state index is 5.50. The molecule has 2 unspecified atom stereocenters. The average molecular weight is 271 g/mol. The van der Waals surface area contributed by atoms with E-state index in [1.54, 1.807) is 6.26 Å². The van der Waals surface area contributed by atoms with Crippen LogP contribution in [-0.2, 0) is 0 Å². The van der Waals surface area contributed by atoms with Gasteiger partial charge in [-0.2, -0.15) is 0 Å². The molecule has 2 aromatic rings. The van der Waals surface area contributed by atoms with Gasteiger partial charge in [-0.1, -0.05) is 56.5 Å². The monoisotopic (exact) mass is 271 g/mol. The largest absolute Gasteiger partial charge is 0.468 e. The molecule has 0 amide bonds. The Labute approximate surface area is 122 Å². The zero-order chi connectivity index (χ0) is 14.2. The van der Waals surface area contributed by atoms with Crippen LogP contribution in [0.15, 0.2) is 53.1 Å². The van der Waals surface area contributed by atoms with Crippen molar-refractivity contribution in [3.63, 3.8) is 0 Å². The van der Waals surface area contributed by atoms with E-state index in [1.807, 2.05) is 12.1 Å². The summed E-state index contributed by atoms with van der Waals surface area (Å²) in [6.45, 7) is 4.41. The second kappa shape index (κ2) is 7.91. The number of furan rings is 1. The van der Waals surface area contributed by atoms with Crippen LogP contribution in [0.5, 0.6) is 0 Å². The Kier molecular flexibility index (Phi) is 5.87. The van der Waals surface area contributed by atoms with Gasteiger partial charge in [0.15, 0.2) is 0 Å². The predicted octanol–water partition coefficient (Wildman–Crippen LogP) is 5.25. The number of unbranched alkanes of at least 4 members (excludes halogenated alkanes) is 2. The van der Waals surface area contributed by atoms with Crippen LogP contribution >= 0.6 is 0 Å². The standard InChI is InChI=1S/C18H25NO/c1-3-4-6-12-17(16-10-7-5-8-11-16)19-15(2)18-13-9-14-20-18/h5,7-11,13-15,17,19H,3-4,6,12H2,1-2H3. The van der Waals surface area contributed by atoms with Gasteiger partial charge in [-0.05, 0) is 31.0 Å². The third-order valence-corrected chi connectivity index (χ3v) is 3.72. The molecule has 0 radical (unpaired) electrons. The first-order valence-corrected chi connectivity index (χ1v) is 7.65. The molecule has 1 heterocycles. The second-order valence-electron chi connectivity index (χ2n) is 5.36. The van der Waals surface area contributed by atoms with Crippen LogP contribution in [0.3, 0.4) is 0 Å². The summed E-state index contributed by atoms with van der Waals surface area (Å²) in [5, 5.41) is 3.70. The van der Waals surface area contributed by atoms with Crippen molar-refractivity contribution in [1.82, 2.24) is 5.32 Å². The molecule has 0 spiro atoms. The lowest BCUT2D eigenvalue weighted by Gasteiger charge is -2.23. The topological polar surface area (TPSA) is 25.2 Å². The minimum Gasteiger partial charge on any atom is -0.468 e. The summed E-state index contributed by atoms with van der Waals surface area (Å²) in [7, 11) is 0. The molecule has 0 aliphatic carbocycles. The van der Waals surface area contributed by atoms with E-state index < -0.39 is 0 Å². The Balaban J connectivity index is 2.02. The maximum absolute atomic E-state index is 5.50. The molecular weight excluding hydrogens is 246 g/mol. The molecule has 0 aliphatic heterocycles. The minimum absolute atomic E-state index is 0.233. The molecule has 1 N–H and O–H groups in total. The molecule has 0 saturated carbocycles. The highest BCUT2D eigenvalue weighted by atomic mass is 16.3. The molecule has 1 aromatic carbocycles. The fraction of sp³-hybridized carbons (Fsp3) is 0.444. The zero-order valence-corrected chi connectivity index (χ0v) is 12.5. The van der Waals surface area contributed by atoms with E-state index in [9.17, 15) is 0 Å². The average Bonchev–Trinajstić information content (AvgIpc) is 3.01. The van der Waals surface area contributed by atoms with E-state index in [-0.39, 0.29) is 6.04 Å². The Bertz CT molecular complexity index is 463. The van der Waals surface area contributed by atoms with Crippen molar-refractivity contribution in [3.8, 4) is 0 Å². The fourth-order valence-electron chi connectivity index (χ4n) is 2.55. The van der Waals surface area contributed by atoms with Gasteiger partial charge in [0.25, 0.3) is 0 Å². The smallest absolute Gasteiger partial charge is 0.120 e. The molecule has 0 fully saturated rings. The van der Waals surface area contributed by atoms with Crippen molar-refractivity contribution >= 4 is 0 Å². The SMILES string of the molecule is CCCCCC(NC(C)c1ccco1)c1ccccc1. The lowest BCUT2D eigenvalue weighted by Crippen LogP contribution is -2.24. The molecule has 20 heavy (non-hydrogen) atoms. The van der Waals surface area contributed by atoms with Crippen LogP contribution < -0.4 is 5.32 Å². The van der Waals surface area contributed by atoms with E-state index in [4.69, 9.17) is 4.42 Å². The van der Waals surface area contributed by atoms with Gasteiger partial charge in [-0.25, -0.2) is 0 Å². The van der Waals surface area contributed by atoms with Gasteiger partial charge in [-0.15, -0.1) is 0 Å². The Morgan fingerprint density at radius 1 is 1.05 bits per heavy atom. The third-order valence-electron chi connectivity index (χ3n) is 3.72. The maximum Gasteiger partial charge on any atom is 0.120 e. The molecule has 0 bridgehead atoms. The van der Waals surface area contributed by atoms with Crippen LogP contribution in [0.25, 0.3) is 0 Å². The first-order valence-electron chi connectivity index (χ1n) is 7.65. The molecule has 1 aromatic heterocycles. The predicted molar refractivity (Wildman–Crippen MR) is 83.6 cm³/mol. The highest BCUT2D eigenvalue weighted by Gasteiger charge is 2.16. The number of benzene rings is 1. The van der Waals surface area contributed by atoms with Gasteiger partial charge in [0.2, 0.25) is 0 Å². The second-order valence-corrected chi connectivity index (χ2v) is 5.36. The summed E-state index contributed by atoms with van der Waals surface area (Å²) in [5.74, 6) is 1.00. The summed E-state index contributed by atoms with van der Waals surface area (Å²) in [6.07, 6.45) is 6.72. The van der Waals surface area contributed by atoms with Gasteiger partial charge in [0, 0.05) is 6.04 Å². The van der Waals surface area contributed by atoms with E-state index >= 15 is 0 Å². The molecule has 0 aliphatic rings. The van der Waals surface area contributed by atoms with Crippen LogP contribution in [0.4, 0.5) is 0 Å². The number of hydrogen-bond acceptors (Lipinski definition) is 2.